The summed E-state index contributed by atoms with van der Waals surface area (Å²) in [6.45, 7) is 0.623. The van der Waals surface area contributed by atoms with Gasteiger partial charge in [-0.3, -0.25) is 4.72 Å². The summed E-state index contributed by atoms with van der Waals surface area (Å²) in [5, 5.41) is 3.22. The van der Waals surface area contributed by atoms with Gasteiger partial charge in [-0.1, -0.05) is 17.7 Å². The second kappa shape index (κ2) is 6.34. The zero-order valence-corrected chi connectivity index (χ0v) is 14.5. The number of anilines is 2. The molecule has 20 heavy (non-hydrogen) atoms. The first-order valence-corrected chi connectivity index (χ1v) is 9.47. The largest absolute Gasteiger partial charge is 0.380 e. The maximum Gasteiger partial charge on any atom is 0.229 e. The quantitative estimate of drug-likeness (QED) is 0.799. The van der Waals surface area contributed by atoms with E-state index in [1.807, 2.05) is 12.1 Å². The first kappa shape index (κ1) is 15.6. The Hall–Kier alpha value is -0.760. The zero-order valence-electron chi connectivity index (χ0n) is 10.5. The van der Waals surface area contributed by atoms with Crippen LogP contribution in [-0.2, 0) is 16.6 Å². The van der Waals surface area contributed by atoms with Crippen LogP contribution in [0.25, 0.3) is 0 Å². The molecule has 2 rings (SSSR count). The molecule has 0 atom stereocenters. The monoisotopic (exact) mass is 394 g/mol. The second-order valence-corrected chi connectivity index (χ2v) is 8.48. The van der Waals surface area contributed by atoms with E-state index in [1.165, 1.54) is 11.3 Å². The van der Waals surface area contributed by atoms with E-state index in [2.05, 4.69) is 26.0 Å². The van der Waals surface area contributed by atoms with Crippen LogP contribution in [0.5, 0.6) is 0 Å². The molecule has 1 aromatic heterocycles. The predicted molar refractivity (Wildman–Crippen MR) is 89.3 cm³/mol. The van der Waals surface area contributed by atoms with Crippen molar-refractivity contribution in [3.8, 4) is 0 Å². The van der Waals surface area contributed by atoms with Crippen molar-refractivity contribution in [3.05, 3.63) is 44.0 Å². The van der Waals surface area contributed by atoms with Crippen molar-refractivity contribution in [3.63, 3.8) is 0 Å². The van der Waals surface area contributed by atoms with Crippen molar-refractivity contribution >= 4 is 60.3 Å². The normalized spacial score (nSPS) is 11.3. The number of sulfonamides is 1. The lowest BCUT2D eigenvalue weighted by Crippen LogP contribution is -2.09. The highest BCUT2D eigenvalue weighted by atomic mass is 79.9. The molecule has 108 valence electrons. The number of thiophene rings is 1. The van der Waals surface area contributed by atoms with Crippen molar-refractivity contribution in [1.82, 2.24) is 0 Å². The van der Waals surface area contributed by atoms with E-state index in [-0.39, 0.29) is 0 Å². The molecular formula is C12H12BrClN2O2S2. The third-order valence-electron chi connectivity index (χ3n) is 2.33. The average Bonchev–Trinajstić information content (AvgIpc) is 2.65. The van der Waals surface area contributed by atoms with Crippen molar-refractivity contribution in [2.75, 3.05) is 16.3 Å². The fourth-order valence-corrected chi connectivity index (χ4v) is 3.86. The summed E-state index contributed by atoms with van der Waals surface area (Å²) in [7, 11) is -3.26. The Labute approximate surface area is 135 Å². The first-order valence-electron chi connectivity index (χ1n) is 5.59. The van der Waals surface area contributed by atoms with Gasteiger partial charge in [0.05, 0.1) is 11.9 Å². The maximum atomic E-state index is 11.2. The molecule has 4 nitrogen and oxygen atoms in total. The molecule has 2 aromatic rings. The van der Waals surface area contributed by atoms with Crippen LogP contribution in [0.15, 0.2) is 34.8 Å². The minimum absolute atomic E-state index is 0.530. The molecule has 8 heteroatoms. The highest BCUT2D eigenvalue weighted by Gasteiger charge is 2.05. The van der Waals surface area contributed by atoms with Gasteiger partial charge >= 0.3 is 0 Å². The second-order valence-electron chi connectivity index (χ2n) is 4.14. The van der Waals surface area contributed by atoms with E-state index in [9.17, 15) is 8.42 Å². The lowest BCUT2D eigenvalue weighted by atomic mass is 10.3. The summed E-state index contributed by atoms with van der Waals surface area (Å²) in [6.07, 6.45) is 1.12. The lowest BCUT2D eigenvalue weighted by molar-refractivity contribution is 0.607. The smallest absolute Gasteiger partial charge is 0.229 e. The zero-order chi connectivity index (χ0) is 14.8. The average molecular weight is 396 g/mol. The van der Waals surface area contributed by atoms with Gasteiger partial charge in [0.15, 0.2) is 0 Å². The highest BCUT2D eigenvalue weighted by molar-refractivity contribution is 9.10. The molecule has 2 N–H and O–H groups in total. The maximum absolute atomic E-state index is 11.2. The van der Waals surface area contributed by atoms with Crippen LogP contribution in [0.3, 0.4) is 0 Å². The highest BCUT2D eigenvalue weighted by Crippen LogP contribution is 2.32. The van der Waals surface area contributed by atoms with E-state index >= 15 is 0 Å². The minimum Gasteiger partial charge on any atom is -0.380 e. The number of hydrogen-bond acceptors (Lipinski definition) is 4. The molecular weight excluding hydrogens is 384 g/mol. The molecule has 0 spiro atoms. The molecule has 0 aliphatic carbocycles. The summed E-state index contributed by atoms with van der Waals surface area (Å²) >= 11 is 10.8. The van der Waals surface area contributed by atoms with Crippen molar-refractivity contribution in [2.24, 2.45) is 0 Å². The Morgan fingerprint density at radius 2 is 2.00 bits per heavy atom. The molecule has 0 amide bonds. The van der Waals surface area contributed by atoms with Crippen LogP contribution < -0.4 is 10.0 Å². The summed E-state index contributed by atoms with van der Waals surface area (Å²) in [4.78, 5) is 1.09. The van der Waals surface area contributed by atoms with Gasteiger partial charge in [-0.15, -0.1) is 11.3 Å². The fraction of sp³-hybridized carbons (Fsp3) is 0.167. The first-order chi connectivity index (χ1) is 9.33. The van der Waals surface area contributed by atoms with Crippen LogP contribution in [0.4, 0.5) is 11.4 Å². The fourth-order valence-electron chi connectivity index (χ4n) is 1.57. The number of hydrogen-bond donors (Lipinski definition) is 2. The lowest BCUT2D eigenvalue weighted by Gasteiger charge is -2.08. The Morgan fingerprint density at radius 3 is 2.60 bits per heavy atom. The summed E-state index contributed by atoms with van der Waals surface area (Å²) < 4.78 is 26.4. The van der Waals surface area contributed by atoms with Gasteiger partial charge < -0.3 is 5.32 Å². The molecule has 0 aliphatic rings. The SMILES string of the molecule is CS(=O)(=O)Nc1cccc(NCc2cc(Br)c(Cl)s2)c1. The Kier molecular flexibility index (Phi) is 4.95. The Balaban J connectivity index is 2.04. The van der Waals surface area contributed by atoms with Crippen molar-refractivity contribution in [2.45, 2.75) is 6.54 Å². The molecule has 0 bridgehead atoms. The molecule has 0 saturated carbocycles. The molecule has 0 radical (unpaired) electrons. The predicted octanol–water partition coefficient (Wildman–Crippen LogP) is 4.15. The molecule has 0 fully saturated rings. The summed E-state index contributed by atoms with van der Waals surface area (Å²) in [5.41, 5.74) is 1.36. The van der Waals surface area contributed by atoms with Gasteiger partial charge in [-0.05, 0) is 40.2 Å². The Morgan fingerprint density at radius 1 is 1.30 bits per heavy atom. The van der Waals surface area contributed by atoms with Crippen molar-refractivity contribution in [1.29, 1.82) is 0 Å². The molecule has 0 aliphatic heterocycles. The van der Waals surface area contributed by atoms with E-state index in [1.54, 1.807) is 18.2 Å². The van der Waals surface area contributed by atoms with E-state index in [0.29, 0.717) is 16.6 Å². The molecule has 0 saturated heterocycles. The molecule has 1 heterocycles. The van der Waals surface area contributed by atoms with Gasteiger partial charge in [0.2, 0.25) is 10.0 Å². The van der Waals surface area contributed by atoms with Crippen LogP contribution in [-0.4, -0.2) is 14.7 Å². The number of benzene rings is 1. The van der Waals surface area contributed by atoms with Crippen molar-refractivity contribution < 1.29 is 8.42 Å². The topological polar surface area (TPSA) is 58.2 Å². The number of halogens is 2. The Bertz CT molecular complexity index is 696. The minimum atomic E-state index is -3.26. The number of nitrogens with one attached hydrogen (secondary N) is 2. The van der Waals surface area contributed by atoms with E-state index in [0.717, 1.165) is 21.3 Å². The van der Waals surface area contributed by atoms with E-state index in [4.69, 9.17) is 11.6 Å². The van der Waals surface area contributed by atoms with Gasteiger partial charge in [0, 0.05) is 21.6 Å². The van der Waals surface area contributed by atoms with Crippen LogP contribution >= 0.6 is 38.9 Å². The summed E-state index contributed by atoms with van der Waals surface area (Å²) in [6, 6.07) is 9.06. The van der Waals surface area contributed by atoms with Crippen LogP contribution in [0.2, 0.25) is 4.34 Å². The molecule has 1 aromatic carbocycles. The van der Waals surface area contributed by atoms with Crippen LogP contribution in [0, 0.1) is 0 Å². The standard InChI is InChI=1S/C12H12BrClN2O2S2/c1-20(17,18)16-9-4-2-3-8(5-9)15-7-10-6-11(13)12(14)19-10/h2-6,15-16H,7H2,1H3. The summed E-state index contributed by atoms with van der Waals surface area (Å²) in [5.74, 6) is 0. The molecule has 0 unspecified atom stereocenters. The van der Waals surface area contributed by atoms with E-state index < -0.39 is 10.0 Å². The van der Waals surface area contributed by atoms with Gasteiger partial charge in [-0.25, -0.2) is 8.42 Å². The van der Waals surface area contributed by atoms with Crippen LogP contribution in [0.1, 0.15) is 4.88 Å². The number of rotatable bonds is 5. The van der Waals surface area contributed by atoms with Gasteiger partial charge in [-0.2, -0.15) is 0 Å². The van der Waals surface area contributed by atoms with Gasteiger partial charge in [0.25, 0.3) is 0 Å². The van der Waals surface area contributed by atoms with Gasteiger partial charge in [0.1, 0.15) is 4.34 Å². The third-order valence-corrected chi connectivity index (χ3v) is 5.41. The third kappa shape index (κ3) is 4.66.